The highest BCUT2D eigenvalue weighted by Crippen LogP contribution is 2.39. The maximum Gasteiger partial charge on any atom is 0.306 e. The van der Waals surface area contributed by atoms with Crippen LogP contribution in [0.25, 0.3) is 22.0 Å². The molecule has 2 unspecified atom stereocenters. The Hall–Kier alpha value is -2.44. The summed E-state index contributed by atoms with van der Waals surface area (Å²) in [6.07, 6.45) is 4.21. The van der Waals surface area contributed by atoms with Crippen LogP contribution in [0.4, 0.5) is 10.2 Å². The number of hydrogen-bond donors (Lipinski definition) is 1. The van der Waals surface area contributed by atoms with Gasteiger partial charge in [-0.25, -0.2) is 14.4 Å². The van der Waals surface area contributed by atoms with Crippen molar-refractivity contribution in [1.82, 2.24) is 9.97 Å². The van der Waals surface area contributed by atoms with E-state index in [9.17, 15) is 14.3 Å². The summed E-state index contributed by atoms with van der Waals surface area (Å²) in [5, 5.41) is 10.8. The second-order valence-corrected chi connectivity index (χ2v) is 8.43. The fourth-order valence-electron chi connectivity index (χ4n) is 4.21. The topological polar surface area (TPSA) is 66.3 Å². The maximum absolute atomic E-state index is 14.6. The van der Waals surface area contributed by atoms with Gasteiger partial charge in [0.15, 0.2) is 0 Å². The number of rotatable bonds is 4. The van der Waals surface area contributed by atoms with Gasteiger partial charge in [0, 0.05) is 13.1 Å². The molecule has 4 rings (SSSR count). The first-order valence-corrected chi connectivity index (χ1v) is 10.5. The van der Waals surface area contributed by atoms with Crippen LogP contribution in [0.1, 0.15) is 25.7 Å². The van der Waals surface area contributed by atoms with Gasteiger partial charge in [0.2, 0.25) is 0 Å². The predicted octanol–water partition coefficient (Wildman–Crippen LogP) is 5.82. The summed E-state index contributed by atoms with van der Waals surface area (Å²) < 4.78 is 14.6. The zero-order valence-corrected chi connectivity index (χ0v) is 17.8. The molecule has 1 N–H and O–H groups in total. The molecule has 1 fully saturated rings. The van der Waals surface area contributed by atoms with E-state index in [4.69, 9.17) is 23.2 Å². The lowest BCUT2D eigenvalue weighted by Crippen LogP contribution is -2.38. The standard InChI is InChI=1S/C22H20Cl2FN3O2/c1-28(14-4-2-3-13(9-14)22(29)30)21-19-15(12-5-7-16(23)17(24)10-12)6-8-18(25)20(19)26-11-27-21/h5-8,10-11,13-14H,2-4,9H2,1H3,(H,29,30). The molecule has 1 aliphatic carbocycles. The molecule has 0 spiro atoms. The van der Waals surface area contributed by atoms with Gasteiger partial charge in [0.25, 0.3) is 0 Å². The van der Waals surface area contributed by atoms with Crippen LogP contribution >= 0.6 is 23.2 Å². The van der Waals surface area contributed by atoms with Crippen LogP contribution in [-0.4, -0.2) is 34.1 Å². The quantitative estimate of drug-likeness (QED) is 0.545. The van der Waals surface area contributed by atoms with E-state index in [0.717, 1.165) is 24.0 Å². The second kappa shape index (κ2) is 8.36. The van der Waals surface area contributed by atoms with Gasteiger partial charge in [-0.1, -0.05) is 41.8 Å². The summed E-state index contributed by atoms with van der Waals surface area (Å²) in [4.78, 5) is 22.1. The molecule has 1 heterocycles. The Morgan fingerprint density at radius 1 is 1.17 bits per heavy atom. The number of anilines is 1. The largest absolute Gasteiger partial charge is 0.481 e. The fourth-order valence-corrected chi connectivity index (χ4v) is 4.51. The normalized spacial score (nSPS) is 19.1. The number of hydrogen-bond acceptors (Lipinski definition) is 4. The first-order valence-electron chi connectivity index (χ1n) is 9.71. The molecule has 1 saturated carbocycles. The zero-order chi connectivity index (χ0) is 21.4. The number of aromatic nitrogens is 2. The van der Waals surface area contributed by atoms with Gasteiger partial charge in [-0.15, -0.1) is 0 Å². The average molecular weight is 448 g/mol. The lowest BCUT2D eigenvalue weighted by molar-refractivity contribution is -0.142. The second-order valence-electron chi connectivity index (χ2n) is 7.61. The van der Waals surface area contributed by atoms with Gasteiger partial charge in [-0.3, -0.25) is 4.79 Å². The molecule has 0 saturated heterocycles. The maximum atomic E-state index is 14.6. The van der Waals surface area contributed by atoms with Crippen molar-refractivity contribution in [3.8, 4) is 11.1 Å². The molecule has 0 radical (unpaired) electrons. The summed E-state index contributed by atoms with van der Waals surface area (Å²) >= 11 is 12.3. The number of carboxylic acids is 1. The number of carboxylic acid groups (broad SMARTS) is 1. The molecule has 5 nitrogen and oxygen atoms in total. The summed E-state index contributed by atoms with van der Waals surface area (Å²) in [5.74, 6) is -1.04. The zero-order valence-electron chi connectivity index (χ0n) is 16.3. The van der Waals surface area contributed by atoms with Crippen LogP contribution in [0.2, 0.25) is 10.0 Å². The molecule has 8 heteroatoms. The van der Waals surface area contributed by atoms with Gasteiger partial charge in [0.1, 0.15) is 23.5 Å². The van der Waals surface area contributed by atoms with Gasteiger partial charge < -0.3 is 10.0 Å². The van der Waals surface area contributed by atoms with E-state index >= 15 is 0 Å². The Kier molecular flexibility index (Phi) is 5.80. The first kappa shape index (κ1) is 20.8. The molecule has 3 aromatic rings. The van der Waals surface area contributed by atoms with Crippen molar-refractivity contribution in [1.29, 1.82) is 0 Å². The van der Waals surface area contributed by atoms with Crippen molar-refractivity contribution in [2.24, 2.45) is 5.92 Å². The Morgan fingerprint density at radius 2 is 1.97 bits per heavy atom. The molecule has 30 heavy (non-hydrogen) atoms. The van der Waals surface area contributed by atoms with E-state index in [1.807, 2.05) is 18.0 Å². The average Bonchev–Trinajstić information content (AvgIpc) is 2.75. The molecule has 0 aliphatic heterocycles. The molecule has 0 amide bonds. The summed E-state index contributed by atoms with van der Waals surface area (Å²) in [6, 6.07) is 8.28. The molecule has 156 valence electrons. The van der Waals surface area contributed by atoms with E-state index in [1.165, 1.54) is 12.4 Å². The number of fused-ring (bicyclic) bond motifs is 1. The summed E-state index contributed by atoms with van der Waals surface area (Å²) in [7, 11) is 1.88. The van der Waals surface area contributed by atoms with E-state index in [2.05, 4.69) is 9.97 Å². The van der Waals surface area contributed by atoms with Gasteiger partial charge in [0.05, 0.1) is 21.3 Å². The van der Waals surface area contributed by atoms with Gasteiger partial charge in [-0.2, -0.15) is 0 Å². The van der Waals surface area contributed by atoms with Crippen LogP contribution in [0.3, 0.4) is 0 Å². The number of carbonyl (C=O) groups is 1. The molecular weight excluding hydrogens is 428 g/mol. The molecule has 1 aromatic heterocycles. The number of nitrogens with zero attached hydrogens (tertiary/aromatic N) is 3. The fraction of sp³-hybridized carbons (Fsp3) is 0.318. The van der Waals surface area contributed by atoms with Gasteiger partial charge in [-0.05, 0) is 48.6 Å². The number of halogens is 3. The van der Waals surface area contributed by atoms with Crippen LogP contribution in [0.15, 0.2) is 36.7 Å². The Morgan fingerprint density at radius 3 is 2.70 bits per heavy atom. The third kappa shape index (κ3) is 3.82. The molecular formula is C22H20Cl2FN3O2. The minimum Gasteiger partial charge on any atom is -0.481 e. The van der Waals surface area contributed by atoms with Crippen molar-refractivity contribution < 1.29 is 14.3 Å². The van der Waals surface area contributed by atoms with E-state index in [0.29, 0.717) is 34.1 Å². The first-order chi connectivity index (χ1) is 14.4. The van der Waals surface area contributed by atoms with Gasteiger partial charge >= 0.3 is 5.97 Å². The number of benzene rings is 2. The van der Waals surface area contributed by atoms with Crippen LogP contribution < -0.4 is 4.90 Å². The van der Waals surface area contributed by atoms with Crippen molar-refractivity contribution in [3.05, 3.63) is 52.5 Å². The highest BCUT2D eigenvalue weighted by atomic mass is 35.5. The highest BCUT2D eigenvalue weighted by molar-refractivity contribution is 6.42. The molecule has 2 aromatic carbocycles. The molecule has 1 aliphatic rings. The van der Waals surface area contributed by atoms with Crippen molar-refractivity contribution in [3.63, 3.8) is 0 Å². The Bertz CT molecular complexity index is 1120. The Labute approximate surface area is 183 Å². The van der Waals surface area contributed by atoms with E-state index in [-0.39, 0.29) is 17.5 Å². The SMILES string of the molecule is CN(c1ncnc2c(F)ccc(-c3ccc(Cl)c(Cl)c3)c12)C1CCCC(C(=O)O)C1. The van der Waals surface area contributed by atoms with E-state index < -0.39 is 11.8 Å². The molecule has 2 atom stereocenters. The lowest BCUT2D eigenvalue weighted by Gasteiger charge is -2.35. The lowest BCUT2D eigenvalue weighted by atomic mass is 9.85. The minimum absolute atomic E-state index is 0.0112. The minimum atomic E-state index is -0.775. The number of aliphatic carboxylic acids is 1. The van der Waals surface area contributed by atoms with Crippen LogP contribution in [-0.2, 0) is 4.79 Å². The third-order valence-corrected chi connectivity index (χ3v) is 6.57. The van der Waals surface area contributed by atoms with Crippen molar-refractivity contribution in [2.75, 3.05) is 11.9 Å². The summed E-state index contributed by atoms with van der Waals surface area (Å²) in [5.41, 5.74) is 1.71. The highest BCUT2D eigenvalue weighted by Gasteiger charge is 2.31. The van der Waals surface area contributed by atoms with E-state index in [1.54, 1.807) is 18.2 Å². The van der Waals surface area contributed by atoms with Crippen LogP contribution in [0, 0.1) is 11.7 Å². The third-order valence-electron chi connectivity index (χ3n) is 5.83. The smallest absolute Gasteiger partial charge is 0.306 e. The van der Waals surface area contributed by atoms with Crippen LogP contribution in [0.5, 0.6) is 0 Å². The predicted molar refractivity (Wildman–Crippen MR) is 117 cm³/mol. The van der Waals surface area contributed by atoms with Crippen molar-refractivity contribution in [2.45, 2.75) is 31.7 Å². The Balaban J connectivity index is 1.85. The monoisotopic (exact) mass is 447 g/mol. The van der Waals surface area contributed by atoms with Crippen molar-refractivity contribution >= 4 is 45.9 Å². The summed E-state index contributed by atoms with van der Waals surface area (Å²) in [6.45, 7) is 0. The molecule has 0 bridgehead atoms.